The standard InChI is InChI=1S/C12H20N2O3S/c15-11(5-4-9-3-1-2-6-13-9)14-8-18-7-10(14)12(16)17/h9-10,13H,1-8H2,(H,16,17). The maximum Gasteiger partial charge on any atom is 0.327 e. The average Bonchev–Trinajstić information content (AvgIpc) is 2.86. The molecule has 0 aliphatic carbocycles. The van der Waals surface area contributed by atoms with E-state index in [4.69, 9.17) is 5.11 Å². The fourth-order valence-electron chi connectivity index (χ4n) is 2.50. The molecule has 2 unspecified atom stereocenters. The van der Waals surface area contributed by atoms with Crippen LogP contribution in [0.2, 0.25) is 0 Å². The lowest BCUT2D eigenvalue weighted by molar-refractivity contribution is -0.147. The van der Waals surface area contributed by atoms with Crippen molar-refractivity contribution in [1.29, 1.82) is 0 Å². The van der Waals surface area contributed by atoms with Gasteiger partial charge in [-0.25, -0.2) is 4.79 Å². The van der Waals surface area contributed by atoms with Crippen LogP contribution in [0.1, 0.15) is 32.1 Å². The number of aliphatic carboxylic acids is 1. The van der Waals surface area contributed by atoms with E-state index in [0.29, 0.717) is 24.1 Å². The number of carboxylic acids is 1. The van der Waals surface area contributed by atoms with Crippen molar-refractivity contribution in [1.82, 2.24) is 10.2 Å². The SMILES string of the molecule is O=C(O)C1CSCN1C(=O)CCC1CCCCN1. The highest BCUT2D eigenvalue weighted by molar-refractivity contribution is 7.99. The summed E-state index contributed by atoms with van der Waals surface area (Å²) >= 11 is 1.52. The molecule has 0 saturated carbocycles. The van der Waals surface area contributed by atoms with Gasteiger partial charge in [0.25, 0.3) is 0 Å². The molecule has 18 heavy (non-hydrogen) atoms. The number of carbonyl (C=O) groups is 2. The lowest BCUT2D eigenvalue weighted by Crippen LogP contribution is -2.42. The van der Waals surface area contributed by atoms with Crippen molar-refractivity contribution < 1.29 is 14.7 Å². The Hall–Kier alpha value is -0.750. The number of amides is 1. The summed E-state index contributed by atoms with van der Waals surface area (Å²) in [4.78, 5) is 24.5. The summed E-state index contributed by atoms with van der Waals surface area (Å²) in [5, 5.41) is 12.4. The highest BCUT2D eigenvalue weighted by atomic mass is 32.2. The van der Waals surface area contributed by atoms with Gasteiger partial charge in [0.15, 0.2) is 0 Å². The molecule has 0 spiro atoms. The van der Waals surface area contributed by atoms with Gasteiger partial charge in [0.2, 0.25) is 5.91 Å². The van der Waals surface area contributed by atoms with E-state index in [2.05, 4.69) is 5.32 Å². The predicted molar refractivity (Wildman–Crippen MR) is 70.5 cm³/mol. The summed E-state index contributed by atoms with van der Waals surface area (Å²) in [5.41, 5.74) is 0. The van der Waals surface area contributed by atoms with Crippen LogP contribution in [0.3, 0.4) is 0 Å². The van der Waals surface area contributed by atoms with Crippen molar-refractivity contribution in [3.05, 3.63) is 0 Å². The number of rotatable bonds is 4. The highest BCUT2D eigenvalue weighted by Crippen LogP contribution is 2.23. The molecule has 2 heterocycles. The number of carboxylic acid groups (broad SMARTS) is 1. The molecule has 102 valence electrons. The Morgan fingerprint density at radius 2 is 2.22 bits per heavy atom. The third-order valence-corrected chi connectivity index (χ3v) is 4.62. The molecule has 0 aromatic carbocycles. The Balaban J connectivity index is 1.78. The molecule has 2 fully saturated rings. The Bertz CT molecular complexity index is 318. The quantitative estimate of drug-likeness (QED) is 0.795. The normalized spacial score (nSPS) is 28.3. The van der Waals surface area contributed by atoms with Gasteiger partial charge in [-0.15, -0.1) is 11.8 Å². The van der Waals surface area contributed by atoms with Crippen LogP contribution in [0.25, 0.3) is 0 Å². The van der Waals surface area contributed by atoms with Crippen molar-refractivity contribution in [2.24, 2.45) is 0 Å². The van der Waals surface area contributed by atoms with Crippen LogP contribution < -0.4 is 5.32 Å². The number of hydrogen-bond donors (Lipinski definition) is 2. The summed E-state index contributed by atoms with van der Waals surface area (Å²) in [5.74, 6) is 0.139. The van der Waals surface area contributed by atoms with E-state index in [-0.39, 0.29) is 5.91 Å². The number of carbonyl (C=O) groups excluding carboxylic acids is 1. The van der Waals surface area contributed by atoms with Gasteiger partial charge in [-0.3, -0.25) is 4.79 Å². The molecule has 2 atom stereocenters. The topological polar surface area (TPSA) is 69.6 Å². The van der Waals surface area contributed by atoms with Crippen molar-refractivity contribution in [2.45, 2.75) is 44.2 Å². The molecule has 2 aliphatic rings. The summed E-state index contributed by atoms with van der Waals surface area (Å²) in [7, 11) is 0. The Labute approximate surface area is 111 Å². The number of hydrogen-bond acceptors (Lipinski definition) is 4. The molecule has 0 radical (unpaired) electrons. The number of thioether (sulfide) groups is 1. The van der Waals surface area contributed by atoms with Crippen LogP contribution in [0, 0.1) is 0 Å². The first-order chi connectivity index (χ1) is 8.68. The minimum absolute atomic E-state index is 0.0141. The molecule has 5 nitrogen and oxygen atoms in total. The summed E-state index contributed by atoms with van der Waals surface area (Å²) in [6.45, 7) is 1.04. The Morgan fingerprint density at radius 3 is 2.89 bits per heavy atom. The maximum atomic E-state index is 12.0. The van der Waals surface area contributed by atoms with E-state index in [9.17, 15) is 9.59 Å². The lowest BCUT2D eigenvalue weighted by atomic mass is 10.0. The minimum Gasteiger partial charge on any atom is -0.480 e. The first kappa shape index (κ1) is 13.7. The molecule has 2 aliphatic heterocycles. The van der Waals surface area contributed by atoms with Crippen LogP contribution in [0.15, 0.2) is 0 Å². The van der Waals surface area contributed by atoms with Crippen LogP contribution in [-0.2, 0) is 9.59 Å². The van der Waals surface area contributed by atoms with Crippen molar-refractivity contribution in [3.63, 3.8) is 0 Å². The molecule has 2 saturated heterocycles. The third kappa shape index (κ3) is 3.38. The first-order valence-corrected chi connectivity index (χ1v) is 7.67. The number of nitrogens with one attached hydrogen (secondary N) is 1. The highest BCUT2D eigenvalue weighted by Gasteiger charge is 2.34. The van der Waals surface area contributed by atoms with Gasteiger partial charge >= 0.3 is 5.97 Å². The molecule has 0 aromatic rings. The molecule has 2 N–H and O–H groups in total. The number of piperidine rings is 1. The van der Waals surface area contributed by atoms with E-state index in [1.165, 1.54) is 29.5 Å². The third-order valence-electron chi connectivity index (χ3n) is 3.61. The van der Waals surface area contributed by atoms with Crippen LogP contribution in [0.4, 0.5) is 0 Å². The fourth-order valence-corrected chi connectivity index (χ4v) is 3.68. The van der Waals surface area contributed by atoms with Gasteiger partial charge < -0.3 is 15.3 Å². The fraction of sp³-hybridized carbons (Fsp3) is 0.833. The summed E-state index contributed by atoms with van der Waals surface area (Å²) in [6.07, 6.45) is 4.86. The second-order valence-electron chi connectivity index (χ2n) is 4.90. The zero-order chi connectivity index (χ0) is 13.0. The van der Waals surface area contributed by atoms with E-state index in [0.717, 1.165) is 19.4 Å². The van der Waals surface area contributed by atoms with Crippen molar-refractivity contribution in [2.75, 3.05) is 18.2 Å². The van der Waals surface area contributed by atoms with Gasteiger partial charge in [-0.2, -0.15) is 0 Å². The molecule has 6 heteroatoms. The van der Waals surface area contributed by atoms with E-state index < -0.39 is 12.0 Å². The predicted octanol–water partition coefficient (Wildman–Crippen LogP) is 0.895. The van der Waals surface area contributed by atoms with Gasteiger partial charge in [0, 0.05) is 18.2 Å². The van der Waals surface area contributed by atoms with Crippen molar-refractivity contribution >= 4 is 23.6 Å². The van der Waals surface area contributed by atoms with Gasteiger partial charge in [0.05, 0.1) is 5.88 Å². The van der Waals surface area contributed by atoms with Gasteiger partial charge in [-0.05, 0) is 25.8 Å². The van der Waals surface area contributed by atoms with Gasteiger partial charge in [0.1, 0.15) is 6.04 Å². The number of nitrogens with zero attached hydrogens (tertiary/aromatic N) is 1. The maximum absolute atomic E-state index is 12.0. The monoisotopic (exact) mass is 272 g/mol. The van der Waals surface area contributed by atoms with Crippen molar-refractivity contribution in [3.8, 4) is 0 Å². The second-order valence-corrected chi connectivity index (χ2v) is 5.90. The van der Waals surface area contributed by atoms with E-state index in [1.807, 2.05) is 0 Å². The van der Waals surface area contributed by atoms with Crippen LogP contribution in [0.5, 0.6) is 0 Å². The van der Waals surface area contributed by atoms with Gasteiger partial charge in [-0.1, -0.05) is 6.42 Å². The molecule has 1 amide bonds. The lowest BCUT2D eigenvalue weighted by Gasteiger charge is -2.25. The largest absolute Gasteiger partial charge is 0.480 e. The zero-order valence-corrected chi connectivity index (χ0v) is 11.2. The second kappa shape index (κ2) is 6.43. The Kier molecular flexibility index (Phi) is 4.88. The molecule has 2 rings (SSSR count). The smallest absolute Gasteiger partial charge is 0.327 e. The first-order valence-electron chi connectivity index (χ1n) is 6.52. The molecular formula is C12H20N2O3S. The molecule has 0 aromatic heterocycles. The minimum atomic E-state index is -0.885. The van der Waals surface area contributed by atoms with E-state index >= 15 is 0 Å². The van der Waals surface area contributed by atoms with E-state index in [1.54, 1.807) is 0 Å². The molecular weight excluding hydrogens is 252 g/mol. The summed E-state index contributed by atoms with van der Waals surface area (Å²) in [6, 6.07) is -0.192. The van der Waals surface area contributed by atoms with Crippen LogP contribution in [-0.4, -0.2) is 52.1 Å². The summed E-state index contributed by atoms with van der Waals surface area (Å²) < 4.78 is 0. The Morgan fingerprint density at radius 1 is 1.39 bits per heavy atom. The molecule has 0 bridgehead atoms. The average molecular weight is 272 g/mol. The zero-order valence-electron chi connectivity index (χ0n) is 10.4. The van der Waals surface area contributed by atoms with Crippen LogP contribution >= 0.6 is 11.8 Å².